The van der Waals surface area contributed by atoms with Crippen molar-refractivity contribution in [3.63, 3.8) is 0 Å². The maximum atomic E-state index is 13.9. The summed E-state index contributed by atoms with van der Waals surface area (Å²) < 4.78 is 39.0. The van der Waals surface area contributed by atoms with Crippen molar-refractivity contribution in [2.45, 2.75) is 30.8 Å². The molecule has 0 aliphatic carbocycles. The van der Waals surface area contributed by atoms with Crippen LogP contribution in [-0.2, 0) is 24.1 Å². The first-order chi connectivity index (χ1) is 15.3. The lowest BCUT2D eigenvalue weighted by atomic mass is 9.92. The largest absolute Gasteiger partial charge is 0.476 e. The van der Waals surface area contributed by atoms with Crippen molar-refractivity contribution in [1.82, 2.24) is 0 Å². The van der Waals surface area contributed by atoms with Crippen LogP contribution in [0.15, 0.2) is 88.7 Å². The molecule has 3 aromatic rings. The average molecular weight is 449 g/mol. The molecule has 0 spiro atoms. The van der Waals surface area contributed by atoms with Crippen molar-refractivity contribution >= 4 is 21.6 Å². The van der Waals surface area contributed by atoms with Gasteiger partial charge in [-0.3, -0.25) is 0 Å². The lowest BCUT2D eigenvalue weighted by Crippen LogP contribution is -2.29. The van der Waals surface area contributed by atoms with E-state index < -0.39 is 27.8 Å². The van der Waals surface area contributed by atoms with Crippen LogP contribution in [0.25, 0.3) is 5.76 Å². The van der Waals surface area contributed by atoms with E-state index in [1.807, 2.05) is 44.2 Å². The highest BCUT2D eigenvalue weighted by atomic mass is 32.2. The number of ether oxygens (including phenoxy) is 2. The lowest BCUT2D eigenvalue weighted by molar-refractivity contribution is -0.149. The van der Waals surface area contributed by atoms with Crippen LogP contribution in [0, 0.1) is 13.8 Å². The minimum absolute atomic E-state index is 0.0619. The Morgan fingerprint density at radius 3 is 1.97 bits per heavy atom. The number of carbonyl (C=O) groups excluding carboxylic acids is 1. The first kappa shape index (κ1) is 21.8. The smallest absolute Gasteiger partial charge is 0.348 e. The van der Waals surface area contributed by atoms with Crippen LogP contribution < -0.4 is 0 Å². The van der Waals surface area contributed by atoms with E-state index in [9.17, 15) is 13.2 Å². The maximum absolute atomic E-state index is 13.9. The molecule has 5 nitrogen and oxygen atoms in total. The average Bonchev–Trinajstić information content (AvgIpc) is 3.21. The van der Waals surface area contributed by atoms with Gasteiger partial charge in [0.2, 0.25) is 15.9 Å². The minimum Gasteiger partial charge on any atom is -0.476 e. The molecule has 4 rings (SSSR count). The molecule has 0 aromatic heterocycles. The molecule has 0 N–H and O–H groups in total. The molecule has 1 aliphatic rings. The highest BCUT2D eigenvalue weighted by Crippen LogP contribution is 2.47. The second-order valence-corrected chi connectivity index (χ2v) is 9.74. The van der Waals surface area contributed by atoms with Crippen molar-refractivity contribution in [2.75, 3.05) is 7.11 Å². The van der Waals surface area contributed by atoms with Crippen molar-refractivity contribution in [3.8, 4) is 0 Å². The van der Waals surface area contributed by atoms with Crippen LogP contribution in [0.4, 0.5) is 0 Å². The molecule has 3 aromatic carbocycles. The second kappa shape index (κ2) is 8.63. The summed E-state index contributed by atoms with van der Waals surface area (Å²) in [6, 6.07) is 23.1. The molecule has 0 fully saturated rings. The zero-order valence-corrected chi connectivity index (χ0v) is 18.9. The molecule has 0 saturated carbocycles. The van der Waals surface area contributed by atoms with Gasteiger partial charge in [-0.05, 0) is 31.5 Å². The van der Waals surface area contributed by atoms with Crippen LogP contribution >= 0.6 is 0 Å². The Morgan fingerprint density at radius 1 is 0.844 bits per heavy atom. The number of benzene rings is 3. The fraction of sp³-hybridized carbons (Fsp3) is 0.192. The van der Waals surface area contributed by atoms with E-state index in [1.165, 1.54) is 7.11 Å². The Kier molecular flexibility index (Phi) is 5.89. The van der Waals surface area contributed by atoms with Gasteiger partial charge in [0.25, 0.3) is 0 Å². The fourth-order valence-electron chi connectivity index (χ4n) is 3.87. The van der Waals surface area contributed by atoms with E-state index in [0.717, 1.165) is 11.1 Å². The molecule has 0 unspecified atom stereocenters. The molecule has 1 heterocycles. The predicted octanol–water partition coefficient (Wildman–Crippen LogP) is 4.80. The van der Waals surface area contributed by atoms with Crippen molar-refractivity contribution in [1.29, 1.82) is 0 Å². The van der Waals surface area contributed by atoms with E-state index in [1.54, 1.807) is 48.5 Å². The summed E-state index contributed by atoms with van der Waals surface area (Å²) in [6.45, 7) is 3.84. The maximum Gasteiger partial charge on any atom is 0.348 e. The molecule has 0 bridgehead atoms. The molecule has 32 heavy (non-hydrogen) atoms. The number of esters is 1. The zero-order chi connectivity index (χ0) is 22.9. The highest BCUT2D eigenvalue weighted by Gasteiger charge is 2.48. The first-order valence-electron chi connectivity index (χ1n) is 10.3. The van der Waals surface area contributed by atoms with E-state index in [-0.39, 0.29) is 15.6 Å². The standard InChI is InChI=1S/C26H24O5S/c1-17-9-13-19(14-10-17)22-24(26(27)30-3)31-23(20-7-5-4-6-8-20)25(22)32(28,29)21-15-11-18(2)12-16-21/h4-16,22,24H,1-3H3/t22-,24+/m1/s1. The summed E-state index contributed by atoms with van der Waals surface area (Å²) in [4.78, 5) is 12.9. The predicted molar refractivity (Wildman–Crippen MR) is 123 cm³/mol. The van der Waals surface area contributed by atoms with E-state index in [4.69, 9.17) is 9.47 Å². The Morgan fingerprint density at radius 2 is 1.41 bits per heavy atom. The Bertz CT molecular complexity index is 1260. The van der Waals surface area contributed by atoms with Gasteiger partial charge in [-0.1, -0.05) is 77.9 Å². The molecule has 164 valence electrons. The van der Waals surface area contributed by atoms with Gasteiger partial charge in [0, 0.05) is 5.56 Å². The van der Waals surface area contributed by atoms with Crippen LogP contribution in [0.3, 0.4) is 0 Å². The van der Waals surface area contributed by atoms with Gasteiger partial charge in [0.15, 0.2) is 0 Å². The van der Waals surface area contributed by atoms with Gasteiger partial charge >= 0.3 is 5.97 Å². The van der Waals surface area contributed by atoms with E-state index in [2.05, 4.69) is 0 Å². The number of methoxy groups -OCH3 is 1. The van der Waals surface area contributed by atoms with Gasteiger partial charge in [0.1, 0.15) is 10.7 Å². The normalized spacial score (nSPS) is 18.3. The van der Waals surface area contributed by atoms with Crippen molar-refractivity contribution in [2.24, 2.45) is 0 Å². The molecule has 2 atom stereocenters. The summed E-state index contributed by atoms with van der Waals surface area (Å²) in [5, 5.41) is 0. The molecule has 1 aliphatic heterocycles. The second-order valence-electron chi connectivity index (χ2n) is 7.83. The number of aryl methyl sites for hydroxylation is 2. The molecule has 0 amide bonds. The molecule has 0 saturated heterocycles. The quantitative estimate of drug-likeness (QED) is 0.525. The summed E-state index contributed by atoms with van der Waals surface area (Å²) in [7, 11) is -2.72. The van der Waals surface area contributed by atoms with Crippen LogP contribution in [0.1, 0.15) is 28.2 Å². The number of hydrogen-bond donors (Lipinski definition) is 0. The Labute approximate surface area is 188 Å². The number of carbonyl (C=O) groups is 1. The van der Waals surface area contributed by atoms with Crippen LogP contribution in [0.2, 0.25) is 0 Å². The third-order valence-corrected chi connectivity index (χ3v) is 7.49. The minimum atomic E-state index is -3.99. The van der Waals surface area contributed by atoms with Crippen LogP contribution in [0.5, 0.6) is 0 Å². The third kappa shape index (κ3) is 3.94. The van der Waals surface area contributed by atoms with Crippen molar-refractivity contribution < 1.29 is 22.7 Å². The summed E-state index contributed by atoms with van der Waals surface area (Å²) in [5.74, 6) is -1.30. The van der Waals surface area contributed by atoms with E-state index in [0.29, 0.717) is 11.1 Å². The van der Waals surface area contributed by atoms with Gasteiger partial charge in [-0.25, -0.2) is 13.2 Å². The Balaban J connectivity index is 1.99. The topological polar surface area (TPSA) is 69.7 Å². The zero-order valence-electron chi connectivity index (χ0n) is 18.1. The summed E-state index contributed by atoms with van der Waals surface area (Å²) in [5.41, 5.74) is 3.23. The molecule has 6 heteroatoms. The number of hydrogen-bond acceptors (Lipinski definition) is 5. The molecular formula is C26H24O5S. The van der Waals surface area contributed by atoms with E-state index >= 15 is 0 Å². The number of sulfone groups is 1. The lowest BCUT2D eigenvalue weighted by Gasteiger charge is -2.20. The Hall–Kier alpha value is -3.38. The third-order valence-electron chi connectivity index (χ3n) is 5.58. The summed E-state index contributed by atoms with van der Waals surface area (Å²) >= 11 is 0. The van der Waals surface area contributed by atoms with Crippen LogP contribution in [-0.4, -0.2) is 27.6 Å². The number of rotatable bonds is 5. The first-order valence-corrected chi connectivity index (χ1v) is 11.7. The highest BCUT2D eigenvalue weighted by molar-refractivity contribution is 7.95. The van der Waals surface area contributed by atoms with Gasteiger partial charge in [-0.15, -0.1) is 0 Å². The van der Waals surface area contributed by atoms with Crippen molar-refractivity contribution in [3.05, 3.63) is 106 Å². The summed E-state index contributed by atoms with van der Waals surface area (Å²) in [6.07, 6.45) is -1.12. The fourth-order valence-corrected chi connectivity index (χ4v) is 5.62. The van der Waals surface area contributed by atoms with Gasteiger partial charge < -0.3 is 9.47 Å². The SMILES string of the molecule is COC(=O)[C@H]1OC(c2ccccc2)=C(S(=O)(=O)c2ccc(C)cc2)[C@@H]1c1ccc(C)cc1. The molecule has 0 radical (unpaired) electrons. The van der Waals surface area contributed by atoms with Gasteiger partial charge in [-0.2, -0.15) is 0 Å². The van der Waals surface area contributed by atoms with Gasteiger partial charge in [0.05, 0.1) is 17.9 Å². The molecular weight excluding hydrogens is 424 g/mol. The monoisotopic (exact) mass is 448 g/mol.